The first kappa shape index (κ1) is 14.0. The van der Waals surface area contributed by atoms with Crippen molar-refractivity contribution in [2.24, 2.45) is 0 Å². The minimum Gasteiger partial charge on any atom is -0.388 e. The van der Waals surface area contributed by atoms with E-state index in [1.54, 1.807) is 0 Å². The molecule has 0 aromatic rings. The average molecular weight is 239 g/mol. The summed E-state index contributed by atoms with van der Waals surface area (Å²) in [6.07, 6.45) is 10.1. The predicted molar refractivity (Wildman–Crippen MR) is 65.3 cm³/mol. The Balaban J connectivity index is 2.12. The Kier molecular flexibility index (Phi) is 6.03. The second-order valence-electron chi connectivity index (χ2n) is 4.57. The summed E-state index contributed by atoms with van der Waals surface area (Å²) in [6.45, 7) is 0.909. The van der Waals surface area contributed by atoms with Crippen LogP contribution in [0.4, 0.5) is 0 Å². The highest BCUT2D eigenvalue weighted by Crippen LogP contribution is 2.27. The molecule has 1 fully saturated rings. The van der Waals surface area contributed by atoms with E-state index >= 15 is 0 Å². The van der Waals surface area contributed by atoms with Gasteiger partial charge in [-0.25, -0.2) is 0 Å². The Bertz CT molecular complexity index is 277. The minimum atomic E-state index is -0.701. The van der Waals surface area contributed by atoms with Crippen LogP contribution in [0.2, 0.25) is 0 Å². The molecule has 1 aliphatic rings. The van der Waals surface area contributed by atoms with Crippen molar-refractivity contribution in [2.75, 3.05) is 19.8 Å². The minimum absolute atomic E-state index is 0.0963. The Morgan fingerprint density at radius 1 is 1.41 bits per heavy atom. The maximum atomic E-state index is 11.4. The molecule has 0 bridgehead atoms. The van der Waals surface area contributed by atoms with Gasteiger partial charge in [0.2, 0.25) is 5.91 Å². The molecule has 4 heteroatoms. The van der Waals surface area contributed by atoms with Crippen molar-refractivity contribution >= 4 is 5.91 Å². The predicted octanol–water partition coefficient (Wildman–Crippen LogP) is 0.838. The summed E-state index contributed by atoms with van der Waals surface area (Å²) >= 11 is 0. The monoisotopic (exact) mass is 239 g/mol. The Hall–Kier alpha value is -1.05. The first-order valence-corrected chi connectivity index (χ1v) is 6.17. The third-order valence-electron chi connectivity index (χ3n) is 3.06. The van der Waals surface area contributed by atoms with Gasteiger partial charge in [0.25, 0.3) is 0 Å². The molecule has 0 unspecified atom stereocenters. The van der Waals surface area contributed by atoms with E-state index in [1.165, 1.54) is 6.42 Å². The van der Waals surface area contributed by atoms with Crippen LogP contribution in [0.15, 0.2) is 0 Å². The van der Waals surface area contributed by atoms with Gasteiger partial charge in [-0.15, -0.1) is 6.42 Å². The number of ether oxygens (including phenoxy) is 1. The normalized spacial score (nSPS) is 18.4. The highest BCUT2D eigenvalue weighted by atomic mass is 16.5. The second kappa shape index (κ2) is 7.31. The topological polar surface area (TPSA) is 58.6 Å². The van der Waals surface area contributed by atoms with Gasteiger partial charge >= 0.3 is 0 Å². The van der Waals surface area contributed by atoms with Crippen LogP contribution < -0.4 is 5.32 Å². The smallest absolute Gasteiger partial charge is 0.222 e. The lowest BCUT2D eigenvalue weighted by Crippen LogP contribution is -2.44. The number of amides is 1. The molecule has 4 nitrogen and oxygen atoms in total. The van der Waals surface area contributed by atoms with E-state index < -0.39 is 5.60 Å². The Morgan fingerprint density at radius 3 is 2.76 bits per heavy atom. The molecular formula is C13H21NO3. The van der Waals surface area contributed by atoms with Gasteiger partial charge in [0.15, 0.2) is 0 Å². The fourth-order valence-corrected chi connectivity index (χ4v) is 2.03. The van der Waals surface area contributed by atoms with Crippen molar-refractivity contribution < 1.29 is 14.6 Å². The molecule has 1 rings (SSSR count). The number of carbonyl (C=O) groups is 1. The molecule has 1 aliphatic carbocycles. The Labute approximate surface area is 103 Å². The number of rotatable bonds is 6. The quantitative estimate of drug-likeness (QED) is 0.533. The molecular weight excluding hydrogens is 218 g/mol. The molecule has 0 aromatic heterocycles. The molecule has 96 valence electrons. The van der Waals surface area contributed by atoms with E-state index in [9.17, 15) is 9.90 Å². The fourth-order valence-electron chi connectivity index (χ4n) is 2.03. The summed E-state index contributed by atoms with van der Waals surface area (Å²) in [5, 5.41) is 12.9. The molecule has 0 aliphatic heterocycles. The van der Waals surface area contributed by atoms with Crippen molar-refractivity contribution in [2.45, 2.75) is 44.1 Å². The van der Waals surface area contributed by atoms with E-state index in [0.29, 0.717) is 13.2 Å². The zero-order chi connectivity index (χ0) is 12.6. The van der Waals surface area contributed by atoms with Gasteiger partial charge < -0.3 is 15.2 Å². The third kappa shape index (κ3) is 5.71. The van der Waals surface area contributed by atoms with E-state index in [0.717, 1.165) is 25.7 Å². The number of hydrogen-bond donors (Lipinski definition) is 2. The maximum Gasteiger partial charge on any atom is 0.222 e. The summed E-state index contributed by atoms with van der Waals surface area (Å²) in [6, 6.07) is 0. The van der Waals surface area contributed by atoms with Gasteiger partial charge in [0, 0.05) is 6.54 Å². The molecule has 0 radical (unpaired) electrons. The summed E-state index contributed by atoms with van der Waals surface area (Å²) in [5.41, 5.74) is -0.701. The van der Waals surface area contributed by atoms with E-state index in [1.807, 2.05) is 0 Å². The zero-order valence-electron chi connectivity index (χ0n) is 10.2. The van der Waals surface area contributed by atoms with Crippen LogP contribution in [0.3, 0.4) is 0 Å². The molecule has 17 heavy (non-hydrogen) atoms. The lowest BCUT2D eigenvalue weighted by atomic mass is 9.85. The molecule has 1 saturated carbocycles. The van der Waals surface area contributed by atoms with Gasteiger partial charge in [-0.2, -0.15) is 0 Å². The van der Waals surface area contributed by atoms with Crippen LogP contribution in [0.1, 0.15) is 38.5 Å². The van der Waals surface area contributed by atoms with Crippen LogP contribution in [0.5, 0.6) is 0 Å². The number of carbonyl (C=O) groups excluding carboxylic acids is 1. The van der Waals surface area contributed by atoms with Crippen molar-refractivity contribution in [3.8, 4) is 12.3 Å². The van der Waals surface area contributed by atoms with Gasteiger partial charge in [-0.1, -0.05) is 25.2 Å². The van der Waals surface area contributed by atoms with E-state index in [2.05, 4.69) is 11.2 Å². The summed E-state index contributed by atoms with van der Waals surface area (Å²) in [4.78, 5) is 11.4. The van der Waals surface area contributed by atoms with Gasteiger partial charge in [0.05, 0.1) is 18.6 Å². The summed E-state index contributed by atoms with van der Waals surface area (Å²) in [5.74, 6) is 2.24. The lowest BCUT2D eigenvalue weighted by Gasteiger charge is -2.32. The molecule has 0 spiro atoms. The standard InChI is InChI=1S/C13H21NO3/c1-2-9-17-10-6-12(15)14-11-13(16)7-4-3-5-8-13/h1,16H,3-11H2,(H,14,15). The van der Waals surface area contributed by atoms with E-state index in [-0.39, 0.29) is 18.9 Å². The lowest BCUT2D eigenvalue weighted by molar-refractivity contribution is -0.123. The summed E-state index contributed by atoms with van der Waals surface area (Å²) in [7, 11) is 0. The van der Waals surface area contributed by atoms with Crippen molar-refractivity contribution in [1.82, 2.24) is 5.32 Å². The van der Waals surface area contributed by atoms with Crippen molar-refractivity contribution in [3.05, 3.63) is 0 Å². The summed E-state index contributed by atoms with van der Waals surface area (Å²) < 4.78 is 5.01. The maximum absolute atomic E-state index is 11.4. The second-order valence-corrected chi connectivity index (χ2v) is 4.57. The molecule has 0 saturated heterocycles. The third-order valence-corrected chi connectivity index (χ3v) is 3.06. The molecule has 0 aromatic carbocycles. The highest BCUT2D eigenvalue weighted by Gasteiger charge is 2.29. The SMILES string of the molecule is C#CCOCCC(=O)NCC1(O)CCCCC1. The number of aliphatic hydroxyl groups is 1. The van der Waals surface area contributed by atoms with Crippen LogP contribution in [-0.2, 0) is 9.53 Å². The van der Waals surface area contributed by atoms with Crippen molar-refractivity contribution in [1.29, 1.82) is 0 Å². The van der Waals surface area contributed by atoms with Gasteiger partial charge in [-0.05, 0) is 12.8 Å². The van der Waals surface area contributed by atoms with Gasteiger partial charge in [0.1, 0.15) is 6.61 Å². The molecule has 1 amide bonds. The first-order chi connectivity index (χ1) is 8.16. The molecule has 0 heterocycles. The largest absolute Gasteiger partial charge is 0.388 e. The van der Waals surface area contributed by atoms with E-state index in [4.69, 9.17) is 11.2 Å². The zero-order valence-corrected chi connectivity index (χ0v) is 10.2. The molecule has 2 N–H and O–H groups in total. The average Bonchev–Trinajstić information content (AvgIpc) is 2.33. The number of hydrogen-bond acceptors (Lipinski definition) is 3. The first-order valence-electron chi connectivity index (χ1n) is 6.17. The van der Waals surface area contributed by atoms with Crippen LogP contribution >= 0.6 is 0 Å². The number of terminal acetylenes is 1. The van der Waals surface area contributed by atoms with Crippen LogP contribution in [0, 0.1) is 12.3 Å². The molecule has 0 atom stereocenters. The fraction of sp³-hybridized carbons (Fsp3) is 0.769. The van der Waals surface area contributed by atoms with Crippen molar-refractivity contribution in [3.63, 3.8) is 0 Å². The van der Waals surface area contributed by atoms with Crippen LogP contribution in [-0.4, -0.2) is 36.4 Å². The number of nitrogens with one attached hydrogen (secondary N) is 1. The Morgan fingerprint density at radius 2 is 2.12 bits per heavy atom. The van der Waals surface area contributed by atoms with Crippen LogP contribution in [0.25, 0.3) is 0 Å². The van der Waals surface area contributed by atoms with Gasteiger partial charge in [-0.3, -0.25) is 4.79 Å². The highest BCUT2D eigenvalue weighted by molar-refractivity contribution is 5.76.